The third-order valence-corrected chi connectivity index (χ3v) is 6.49. The van der Waals surface area contributed by atoms with Crippen LogP contribution in [-0.2, 0) is 16.0 Å². The maximum absolute atomic E-state index is 13.4. The minimum Gasteiger partial charge on any atom is -0.486 e. The van der Waals surface area contributed by atoms with Crippen molar-refractivity contribution in [2.24, 2.45) is 10.8 Å². The average molecular weight is 416 g/mol. The van der Waals surface area contributed by atoms with Crippen molar-refractivity contribution in [1.29, 1.82) is 0 Å². The molecule has 3 saturated carbocycles. The van der Waals surface area contributed by atoms with Gasteiger partial charge in [-0.1, -0.05) is 17.7 Å². The van der Waals surface area contributed by atoms with Crippen molar-refractivity contribution < 1.29 is 18.7 Å². The number of aromatic nitrogens is 1. The van der Waals surface area contributed by atoms with E-state index in [9.17, 15) is 14.0 Å². The van der Waals surface area contributed by atoms with Gasteiger partial charge in [0.15, 0.2) is 5.78 Å². The summed E-state index contributed by atoms with van der Waals surface area (Å²) in [5.41, 5.74) is 0.945. The number of hydrogen-bond donors (Lipinski definition) is 0. The number of ketones is 2. The molecule has 152 valence electrons. The summed E-state index contributed by atoms with van der Waals surface area (Å²) < 4.78 is 18.8. The van der Waals surface area contributed by atoms with Crippen LogP contribution in [-0.4, -0.2) is 23.2 Å². The number of halogens is 2. The number of ether oxygens (including phenoxy) is 1. The van der Waals surface area contributed by atoms with E-state index in [0.29, 0.717) is 18.6 Å². The summed E-state index contributed by atoms with van der Waals surface area (Å²) in [5.74, 6) is 0.0411. The molecule has 0 amide bonds. The third-order valence-electron chi connectivity index (χ3n) is 6.19. The monoisotopic (exact) mass is 415 g/mol. The summed E-state index contributed by atoms with van der Waals surface area (Å²) in [6.45, 7) is -0.0884. The number of Topliss-reactive ketones (excluding diaryl/α,β-unsaturated/α-hetero) is 2. The van der Waals surface area contributed by atoms with Crippen molar-refractivity contribution in [3.8, 4) is 5.75 Å². The van der Waals surface area contributed by atoms with Crippen molar-refractivity contribution in [2.75, 3.05) is 6.61 Å². The Morgan fingerprint density at radius 3 is 2.69 bits per heavy atom. The Bertz CT molecular complexity index is 911. The fourth-order valence-corrected chi connectivity index (χ4v) is 5.06. The van der Waals surface area contributed by atoms with E-state index in [1.165, 1.54) is 12.1 Å². The van der Waals surface area contributed by atoms with Gasteiger partial charge < -0.3 is 4.74 Å². The van der Waals surface area contributed by atoms with Crippen LogP contribution >= 0.6 is 11.6 Å². The molecular formula is C23H23ClFNO3. The van der Waals surface area contributed by atoms with Gasteiger partial charge >= 0.3 is 0 Å². The van der Waals surface area contributed by atoms with Crippen molar-refractivity contribution in [1.82, 2.24) is 4.98 Å². The third kappa shape index (κ3) is 4.20. The van der Waals surface area contributed by atoms with E-state index >= 15 is 0 Å². The van der Waals surface area contributed by atoms with Crippen LogP contribution in [0.1, 0.15) is 44.1 Å². The minimum atomic E-state index is -0.569. The van der Waals surface area contributed by atoms with Crippen LogP contribution in [0, 0.1) is 16.6 Å². The Kier molecular flexibility index (Phi) is 5.43. The number of aryl methyl sites for hydroxylation is 1. The molecule has 1 aromatic heterocycles. The highest BCUT2D eigenvalue weighted by molar-refractivity contribution is 6.30. The van der Waals surface area contributed by atoms with Crippen LogP contribution in [0.2, 0.25) is 5.02 Å². The molecule has 1 heterocycles. The largest absolute Gasteiger partial charge is 0.486 e. The molecular weight excluding hydrogens is 393 g/mol. The van der Waals surface area contributed by atoms with Gasteiger partial charge in [0.1, 0.15) is 24.0 Å². The lowest BCUT2D eigenvalue weighted by molar-refractivity contribution is -0.208. The van der Waals surface area contributed by atoms with E-state index in [-0.39, 0.29) is 34.0 Å². The molecule has 0 spiro atoms. The molecule has 0 aliphatic heterocycles. The molecule has 6 heteroatoms. The summed E-state index contributed by atoms with van der Waals surface area (Å²) in [7, 11) is 0. The van der Waals surface area contributed by atoms with E-state index in [0.717, 1.165) is 37.7 Å². The Balaban J connectivity index is 1.18. The van der Waals surface area contributed by atoms with Crippen LogP contribution in [0.5, 0.6) is 5.75 Å². The van der Waals surface area contributed by atoms with E-state index in [1.54, 1.807) is 12.3 Å². The molecule has 0 N–H and O–H groups in total. The first-order valence-electron chi connectivity index (χ1n) is 9.92. The first-order chi connectivity index (χ1) is 13.9. The normalized spacial score (nSPS) is 24.3. The number of nitrogens with zero attached hydrogens (tertiary/aromatic N) is 1. The van der Waals surface area contributed by atoms with Gasteiger partial charge in [-0.05, 0) is 61.3 Å². The predicted octanol–water partition coefficient (Wildman–Crippen LogP) is 4.97. The first kappa shape index (κ1) is 20.0. The summed E-state index contributed by atoms with van der Waals surface area (Å²) >= 11 is 5.64. The molecule has 3 aliphatic rings. The molecule has 0 saturated heterocycles. The molecule has 0 radical (unpaired) electrons. The smallest absolute Gasteiger partial charge is 0.170 e. The van der Waals surface area contributed by atoms with Crippen molar-refractivity contribution in [3.63, 3.8) is 0 Å². The first-order valence-corrected chi connectivity index (χ1v) is 10.3. The lowest BCUT2D eigenvalue weighted by Gasteiger charge is -2.70. The summed E-state index contributed by atoms with van der Waals surface area (Å²) in [6, 6.07) is 8.06. The number of carbonyl (C=O) groups excluding carboxylic acids is 2. The molecule has 5 rings (SSSR count). The Labute approximate surface area is 174 Å². The molecule has 29 heavy (non-hydrogen) atoms. The highest BCUT2D eigenvalue weighted by atomic mass is 35.5. The van der Waals surface area contributed by atoms with Gasteiger partial charge in [-0.3, -0.25) is 14.6 Å². The van der Waals surface area contributed by atoms with Crippen molar-refractivity contribution in [2.45, 2.75) is 44.9 Å². The zero-order valence-electron chi connectivity index (χ0n) is 16.1. The van der Waals surface area contributed by atoms with Crippen molar-refractivity contribution in [3.05, 3.63) is 59.1 Å². The van der Waals surface area contributed by atoms with Crippen LogP contribution in [0.15, 0.2) is 42.7 Å². The van der Waals surface area contributed by atoms with Gasteiger partial charge in [0.25, 0.3) is 0 Å². The lowest BCUT2D eigenvalue weighted by Crippen LogP contribution is -2.65. The second-order valence-corrected chi connectivity index (χ2v) is 8.94. The second-order valence-electron chi connectivity index (χ2n) is 8.53. The molecule has 1 aromatic carbocycles. The van der Waals surface area contributed by atoms with Crippen LogP contribution < -0.4 is 4.74 Å². The van der Waals surface area contributed by atoms with Crippen LogP contribution in [0.3, 0.4) is 0 Å². The van der Waals surface area contributed by atoms with E-state index in [2.05, 4.69) is 4.98 Å². The quantitative estimate of drug-likeness (QED) is 0.549. The molecule has 3 fully saturated rings. The number of carbonyl (C=O) groups is 2. The molecule has 0 unspecified atom stereocenters. The standard InChI is InChI=1S/C23H23ClFNO3/c24-19-7-6-18(9-20(19)25)29-12-17(27)10-22-13-23(14-22,15-22)21(28)5-1-3-16-4-2-8-26-11-16/h2,4,6-9,11H,1,3,5,10,12-15H2. The molecule has 2 bridgehead atoms. The van der Waals surface area contributed by atoms with E-state index in [1.807, 2.05) is 18.3 Å². The Morgan fingerprint density at radius 1 is 1.21 bits per heavy atom. The minimum absolute atomic E-state index is 0.0160. The predicted molar refractivity (Wildman–Crippen MR) is 107 cm³/mol. The topological polar surface area (TPSA) is 56.3 Å². The van der Waals surface area contributed by atoms with E-state index < -0.39 is 5.82 Å². The Hall–Kier alpha value is -2.27. The van der Waals surface area contributed by atoms with E-state index in [4.69, 9.17) is 16.3 Å². The fraction of sp³-hybridized carbons (Fsp3) is 0.435. The average Bonchev–Trinajstić information content (AvgIpc) is 2.65. The molecule has 2 aromatic rings. The maximum Gasteiger partial charge on any atom is 0.170 e. The van der Waals surface area contributed by atoms with Gasteiger partial charge in [0, 0.05) is 36.7 Å². The van der Waals surface area contributed by atoms with Crippen LogP contribution in [0.25, 0.3) is 0 Å². The van der Waals surface area contributed by atoms with Gasteiger partial charge in [0.2, 0.25) is 0 Å². The number of benzene rings is 1. The van der Waals surface area contributed by atoms with Gasteiger partial charge in [-0.25, -0.2) is 4.39 Å². The summed E-state index contributed by atoms with van der Waals surface area (Å²) in [6.07, 6.45) is 8.74. The van der Waals surface area contributed by atoms with Gasteiger partial charge in [-0.15, -0.1) is 0 Å². The van der Waals surface area contributed by atoms with Gasteiger partial charge in [-0.2, -0.15) is 0 Å². The lowest BCUT2D eigenvalue weighted by atomic mass is 9.33. The van der Waals surface area contributed by atoms with Gasteiger partial charge in [0.05, 0.1) is 5.02 Å². The van der Waals surface area contributed by atoms with Crippen molar-refractivity contribution >= 4 is 23.2 Å². The summed E-state index contributed by atoms with van der Waals surface area (Å²) in [5, 5.41) is 0.0212. The second kappa shape index (κ2) is 7.86. The number of pyridine rings is 1. The highest BCUT2D eigenvalue weighted by Crippen LogP contribution is 2.75. The highest BCUT2D eigenvalue weighted by Gasteiger charge is 2.70. The maximum atomic E-state index is 13.4. The number of hydrogen-bond acceptors (Lipinski definition) is 4. The molecule has 3 aliphatic carbocycles. The molecule has 4 nitrogen and oxygen atoms in total. The summed E-state index contributed by atoms with van der Waals surface area (Å²) in [4.78, 5) is 29.0. The van der Waals surface area contributed by atoms with Crippen LogP contribution in [0.4, 0.5) is 4.39 Å². The Morgan fingerprint density at radius 2 is 2.00 bits per heavy atom. The zero-order valence-corrected chi connectivity index (χ0v) is 16.9. The fourth-order valence-electron chi connectivity index (χ4n) is 4.95. The molecule has 0 atom stereocenters. The SMILES string of the molecule is O=C(COc1ccc(Cl)c(F)c1)CC12CC(C(=O)CCCc3cccnc3)(C1)C2. The zero-order chi connectivity index (χ0) is 20.5. The number of rotatable bonds is 10.